The van der Waals surface area contributed by atoms with Crippen LogP contribution in [0.2, 0.25) is 0 Å². The third-order valence-corrected chi connectivity index (χ3v) is 3.27. The first kappa shape index (κ1) is 17.0. The van der Waals surface area contributed by atoms with Gasteiger partial charge in [0.25, 0.3) is 0 Å². The minimum atomic E-state index is -0.0243. The van der Waals surface area contributed by atoms with Gasteiger partial charge in [-0.1, -0.05) is 45.9 Å². The monoisotopic (exact) mass is 292 g/mol. The molecule has 0 aliphatic carbocycles. The van der Waals surface area contributed by atoms with Crippen LogP contribution in [0.5, 0.6) is 0 Å². The molecule has 1 rings (SSSR count). The standard InChI is InChI=1S/C17H28N2S/c1-7-13-10-8-9-11-14(13)18-15(20)19-17(5,6)12-16(2,3)4/h8-11H,7,12H2,1-6H3,(H2,18,19,20). The Bertz CT molecular complexity index is 458. The molecule has 2 N–H and O–H groups in total. The molecule has 1 aromatic carbocycles. The van der Waals surface area contributed by atoms with Crippen molar-refractivity contribution >= 4 is 23.0 Å². The predicted molar refractivity (Wildman–Crippen MR) is 93.3 cm³/mol. The third kappa shape index (κ3) is 5.91. The topological polar surface area (TPSA) is 24.1 Å². The summed E-state index contributed by atoms with van der Waals surface area (Å²) in [7, 11) is 0. The molecule has 0 amide bonds. The first-order valence-corrected chi connectivity index (χ1v) is 7.71. The molecule has 1 aromatic rings. The molecule has 0 aliphatic heterocycles. The Morgan fingerprint density at radius 1 is 1.10 bits per heavy atom. The molecule has 2 nitrogen and oxygen atoms in total. The smallest absolute Gasteiger partial charge is 0.171 e. The van der Waals surface area contributed by atoms with Gasteiger partial charge >= 0.3 is 0 Å². The maximum absolute atomic E-state index is 5.46. The van der Waals surface area contributed by atoms with Gasteiger partial charge in [0.1, 0.15) is 0 Å². The zero-order valence-corrected chi connectivity index (χ0v) is 14.4. The van der Waals surface area contributed by atoms with Crippen LogP contribution in [-0.4, -0.2) is 10.7 Å². The summed E-state index contributed by atoms with van der Waals surface area (Å²) in [6, 6.07) is 8.29. The summed E-state index contributed by atoms with van der Waals surface area (Å²) in [4.78, 5) is 0. The van der Waals surface area contributed by atoms with Gasteiger partial charge in [0.2, 0.25) is 0 Å². The Labute approximate surface area is 129 Å². The molecule has 0 unspecified atom stereocenters. The quantitative estimate of drug-likeness (QED) is 0.783. The summed E-state index contributed by atoms with van der Waals surface area (Å²) in [5.41, 5.74) is 2.63. The number of para-hydroxylation sites is 1. The average molecular weight is 292 g/mol. The maximum atomic E-state index is 5.46. The molecular weight excluding hydrogens is 264 g/mol. The van der Waals surface area contributed by atoms with Crippen molar-refractivity contribution in [3.8, 4) is 0 Å². The molecule has 0 bridgehead atoms. The molecule has 3 heteroatoms. The van der Waals surface area contributed by atoms with Crippen molar-refractivity contribution in [2.45, 2.75) is 59.9 Å². The molecule has 0 fully saturated rings. The van der Waals surface area contributed by atoms with E-state index < -0.39 is 0 Å². The Kier molecular flexibility index (Phi) is 5.58. The van der Waals surface area contributed by atoms with E-state index in [9.17, 15) is 0 Å². The lowest BCUT2D eigenvalue weighted by atomic mass is 9.82. The Hall–Kier alpha value is -1.09. The van der Waals surface area contributed by atoms with Crippen LogP contribution in [0.15, 0.2) is 24.3 Å². The van der Waals surface area contributed by atoms with Crippen molar-refractivity contribution in [3.05, 3.63) is 29.8 Å². The van der Waals surface area contributed by atoms with Gasteiger partial charge in [-0.2, -0.15) is 0 Å². The summed E-state index contributed by atoms with van der Waals surface area (Å²) in [6.45, 7) is 13.3. The molecule has 112 valence electrons. The van der Waals surface area contributed by atoms with Crippen molar-refractivity contribution in [1.82, 2.24) is 5.32 Å². The minimum absolute atomic E-state index is 0.0243. The third-order valence-electron chi connectivity index (χ3n) is 3.07. The van der Waals surface area contributed by atoms with Gasteiger partial charge in [-0.05, 0) is 56.0 Å². The zero-order chi connectivity index (χ0) is 15.4. The van der Waals surface area contributed by atoms with E-state index >= 15 is 0 Å². The molecule has 0 aliphatic rings. The van der Waals surface area contributed by atoms with Crippen LogP contribution >= 0.6 is 12.2 Å². The van der Waals surface area contributed by atoms with E-state index in [2.05, 4.69) is 70.4 Å². The highest BCUT2D eigenvalue weighted by Crippen LogP contribution is 2.27. The van der Waals surface area contributed by atoms with Crippen molar-refractivity contribution in [3.63, 3.8) is 0 Å². The number of hydrogen-bond acceptors (Lipinski definition) is 1. The average Bonchev–Trinajstić information content (AvgIpc) is 2.25. The highest BCUT2D eigenvalue weighted by atomic mass is 32.1. The summed E-state index contributed by atoms with van der Waals surface area (Å²) < 4.78 is 0. The first-order valence-electron chi connectivity index (χ1n) is 7.30. The van der Waals surface area contributed by atoms with Gasteiger partial charge in [-0.3, -0.25) is 0 Å². The highest BCUT2D eigenvalue weighted by molar-refractivity contribution is 7.80. The largest absolute Gasteiger partial charge is 0.358 e. The van der Waals surface area contributed by atoms with E-state index in [0.717, 1.165) is 18.5 Å². The molecule has 0 saturated heterocycles. The van der Waals surface area contributed by atoms with E-state index in [-0.39, 0.29) is 11.0 Å². The molecule has 20 heavy (non-hydrogen) atoms. The van der Waals surface area contributed by atoms with Crippen LogP contribution in [0.25, 0.3) is 0 Å². The van der Waals surface area contributed by atoms with Crippen LogP contribution in [0.1, 0.15) is 53.5 Å². The van der Waals surface area contributed by atoms with Gasteiger partial charge in [0.05, 0.1) is 0 Å². The molecule has 0 atom stereocenters. The molecule has 0 saturated carbocycles. The van der Waals surface area contributed by atoms with Crippen LogP contribution in [-0.2, 0) is 6.42 Å². The highest BCUT2D eigenvalue weighted by Gasteiger charge is 2.26. The number of rotatable bonds is 4. The summed E-state index contributed by atoms with van der Waals surface area (Å²) in [5.74, 6) is 0. The van der Waals surface area contributed by atoms with Crippen LogP contribution < -0.4 is 10.6 Å². The van der Waals surface area contributed by atoms with Crippen molar-refractivity contribution in [1.29, 1.82) is 0 Å². The molecule has 0 heterocycles. The van der Waals surface area contributed by atoms with Gasteiger partial charge in [-0.15, -0.1) is 0 Å². The fourth-order valence-corrected chi connectivity index (χ4v) is 3.17. The fourth-order valence-electron chi connectivity index (χ4n) is 2.78. The van der Waals surface area contributed by atoms with E-state index in [0.29, 0.717) is 5.11 Å². The SMILES string of the molecule is CCc1ccccc1NC(=S)NC(C)(C)CC(C)(C)C. The maximum Gasteiger partial charge on any atom is 0.171 e. The van der Waals surface area contributed by atoms with E-state index in [4.69, 9.17) is 12.2 Å². The van der Waals surface area contributed by atoms with Crippen molar-refractivity contribution < 1.29 is 0 Å². The van der Waals surface area contributed by atoms with Gasteiger partial charge < -0.3 is 10.6 Å². The number of benzene rings is 1. The van der Waals surface area contributed by atoms with E-state index in [1.54, 1.807) is 0 Å². The number of nitrogens with one attached hydrogen (secondary N) is 2. The van der Waals surface area contributed by atoms with Crippen molar-refractivity contribution in [2.24, 2.45) is 5.41 Å². The lowest BCUT2D eigenvalue weighted by Gasteiger charge is -2.34. The summed E-state index contributed by atoms with van der Waals surface area (Å²) >= 11 is 5.46. The summed E-state index contributed by atoms with van der Waals surface area (Å²) in [6.07, 6.45) is 2.05. The van der Waals surface area contributed by atoms with E-state index in [1.807, 2.05) is 6.07 Å². The number of anilines is 1. The predicted octanol–water partition coefficient (Wildman–Crippen LogP) is 4.75. The second-order valence-corrected chi connectivity index (χ2v) is 7.62. The fraction of sp³-hybridized carbons (Fsp3) is 0.588. The lowest BCUT2D eigenvalue weighted by molar-refractivity contribution is 0.268. The number of aryl methyl sites for hydroxylation is 1. The Balaban J connectivity index is 2.68. The number of hydrogen-bond donors (Lipinski definition) is 2. The first-order chi connectivity index (χ1) is 9.13. The van der Waals surface area contributed by atoms with Gasteiger partial charge in [-0.25, -0.2) is 0 Å². The lowest BCUT2D eigenvalue weighted by Crippen LogP contribution is -2.47. The van der Waals surface area contributed by atoms with Gasteiger partial charge in [0, 0.05) is 11.2 Å². The van der Waals surface area contributed by atoms with Crippen LogP contribution in [0.4, 0.5) is 5.69 Å². The summed E-state index contributed by atoms with van der Waals surface area (Å²) in [5, 5.41) is 7.45. The zero-order valence-electron chi connectivity index (χ0n) is 13.6. The molecule has 0 spiro atoms. The molecule has 0 radical (unpaired) electrons. The van der Waals surface area contributed by atoms with Crippen LogP contribution in [0.3, 0.4) is 0 Å². The normalized spacial score (nSPS) is 12.1. The van der Waals surface area contributed by atoms with E-state index in [1.165, 1.54) is 5.56 Å². The minimum Gasteiger partial charge on any atom is -0.358 e. The molecular formula is C17H28N2S. The van der Waals surface area contributed by atoms with Gasteiger partial charge in [0.15, 0.2) is 5.11 Å². The Morgan fingerprint density at radius 3 is 2.25 bits per heavy atom. The van der Waals surface area contributed by atoms with Crippen molar-refractivity contribution in [2.75, 3.05) is 5.32 Å². The number of thiocarbonyl (C=S) groups is 1. The molecule has 0 aromatic heterocycles. The second-order valence-electron chi connectivity index (χ2n) is 7.21. The van der Waals surface area contributed by atoms with Crippen LogP contribution in [0, 0.1) is 5.41 Å². The second kappa shape index (κ2) is 6.57. The Morgan fingerprint density at radius 2 is 1.70 bits per heavy atom.